The Balaban J connectivity index is 1.96. The highest BCUT2D eigenvalue weighted by Gasteiger charge is 2.54. The van der Waals surface area contributed by atoms with Crippen LogP contribution in [0.5, 0.6) is 0 Å². The van der Waals surface area contributed by atoms with Crippen molar-refractivity contribution in [2.75, 3.05) is 6.61 Å². The molecule has 0 aromatic heterocycles. The Hall–Kier alpha value is -2.39. The van der Waals surface area contributed by atoms with Crippen LogP contribution in [0.2, 0.25) is 0 Å². The fraction of sp³-hybridized carbons (Fsp3) is 0.350. The molecule has 5 nitrogen and oxygen atoms in total. The number of hydrogen-bond donors (Lipinski definition) is 0. The highest BCUT2D eigenvalue weighted by molar-refractivity contribution is 7.92. The lowest BCUT2D eigenvalue weighted by atomic mass is 9.90. The minimum Gasteiger partial charge on any atom is -0.354 e. The smallest absolute Gasteiger partial charge is 0.354 e. The second-order valence-corrected chi connectivity index (χ2v) is 9.59. The zero-order chi connectivity index (χ0) is 21.2. The molecule has 2 aliphatic heterocycles. The van der Waals surface area contributed by atoms with Crippen LogP contribution in [0.4, 0.5) is 13.2 Å². The van der Waals surface area contributed by atoms with Crippen molar-refractivity contribution in [1.82, 2.24) is 4.90 Å². The van der Waals surface area contributed by atoms with Gasteiger partial charge in [0.2, 0.25) is 5.91 Å². The Morgan fingerprint density at radius 3 is 2.34 bits per heavy atom. The predicted molar refractivity (Wildman–Crippen MR) is 97.4 cm³/mol. The summed E-state index contributed by atoms with van der Waals surface area (Å²) in [5.41, 5.74) is -1.83. The lowest BCUT2D eigenvalue weighted by molar-refractivity contribution is -0.147. The quantitative estimate of drug-likeness (QED) is 0.733. The molecule has 2 aliphatic rings. The third-order valence-electron chi connectivity index (χ3n) is 5.39. The predicted octanol–water partition coefficient (Wildman–Crippen LogP) is 3.87. The molecule has 0 N–H and O–H groups in total. The number of alkyl halides is 3. The van der Waals surface area contributed by atoms with E-state index in [1.54, 1.807) is 19.9 Å². The van der Waals surface area contributed by atoms with Crippen LogP contribution in [-0.4, -0.2) is 31.6 Å². The maximum atomic E-state index is 13.3. The van der Waals surface area contributed by atoms with Gasteiger partial charge in [0.15, 0.2) is 15.1 Å². The number of carbonyl (C=O) groups excluding carboxylic acids is 1. The molecule has 0 aliphatic carbocycles. The molecule has 0 spiro atoms. The highest BCUT2D eigenvalue weighted by Crippen LogP contribution is 2.49. The average molecular weight is 425 g/mol. The van der Waals surface area contributed by atoms with E-state index in [1.165, 1.54) is 29.2 Å². The molecule has 0 bridgehead atoms. The SMILES string of the molecule is CC1(C)OC[C@@H]2c3cc(C(F)(F)F)ccc3[C@@H](S(=O)(=O)c3ccccc3)C(=O)N21. The minimum atomic E-state index is -4.59. The van der Waals surface area contributed by atoms with Crippen LogP contribution in [0.15, 0.2) is 53.4 Å². The summed E-state index contributed by atoms with van der Waals surface area (Å²) in [4.78, 5) is 14.5. The number of halogens is 3. The van der Waals surface area contributed by atoms with Gasteiger partial charge >= 0.3 is 6.18 Å². The normalized spacial score (nSPS) is 23.6. The van der Waals surface area contributed by atoms with Crippen molar-refractivity contribution in [2.24, 2.45) is 0 Å². The largest absolute Gasteiger partial charge is 0.416 e. The fourth-order valence-electron chi connectivity index (χ4n) is 4.03. The van der Waals surface area contributed by atoms with Gasteiger partial charge in [0, 0.05) is 0 Å². The first-order valence-corrected chi connectivity index (χ1v) is 10.5. The Labute approximate surface area is 166 Å². The lowest BCUT2D eigenvalue weighted by Crippen LogP contribution is -2.51. The first-order chi connectivity index (χ1) is 13.4. The monoisotopic (exact) mass is 425 g/mol. The second-order valence-electron chi connectivity index (χ2n) is 7.56. The van der Waals surface area contributed by atoms with E-state index in [9.17, 15) is 26.4 Å². The minimum absolute atomic E-state index is 0.00877. The number of sulfone groups is 1. The summed E-state index contributed by atoms with van der Waals surface area (Å²) in [6, 6.07) is 9.49. The summed E-state index contributed by atoms with van der Waals surface area (Å²) in [5, 5.41) is -1.64. The van der Waals surface area contributed by atoms with Gasteiger partial charge in [0.25, 0.3) is 0 Å². The number of rotatable bonds is 2. The zero-order valence-electron chi connectivity index (χ0n) is 15.6. The average Bonchev–Trinajstić information content (AvgIpc) is 2.97. The Kier molecular flexibility index (Phi) is 4.33. The first-order valence-electron chi connectivity index (χ1n) is 8.92. The molecule has 1 saturated heterocycles. The number of fused-ring (bicyclic) bond motifs is 3. The number of hydrogen-bond acceptors (Lipinski definition) is 4. The molecule has 0 unspecified atom stereocenters. The molecular formula is C20H18F3NO4S. The van der Waals surface area contributed by atoms with Crippen LogP contribution in [0, 0.1) is 0 Å². The van der Waals surface area contributed by atoms with Crippen LogP contribution in [0.3, 0.4) is 0 Å². The van der Waals surface area contributed by atoms with Gasteiger partial charge in [-0.1, -0.05) is 24.3 Å². The number of nitrogens with zero attached hydrogens (tertiary/aromatic N) is 1. The van der Waals surface area contributed by atoms with Gasteiger partial charge in [-0.2, -0.15) is 13.2 Å². The van der Waals surface area contributed by atoms with E-state index in [-0.39, 0.29) is 22.6 Å². The van der Waals surface area contributed by atoms with Crippen molar-refractivity contribution in [3.63, 3.8) is 0 Å². The fourth-order valence-corrected chi connectivity index (χ4v) is 5.77. The lowest BCUT2D eigenvalue weighted by Gasteiger charge is -2.41. The van der Waals surface area contributed by atoms with Gasteiger partial charge in [-0.05, 0) is 49.2 Å². The molecule has 154 valence electrons. The Morgan fingerprint density at radius 2 is 1.72 bits per heavy atom. The van der Waals surface area contributed by atoms with E-state index in [0.29, 0.717) is 0 Å². The van der Waals surface area contributed by atoms with E-state index < -0.39 is 44.5 Å². The second kappa shape index (κ2) is 6.30. The van der Waals surface area contributed by atoms with Gasteiger partial charge < -0.3 is 9.64 Å². The summed E-state index contributed by atoms with van der Waals surface area (Å²) < 4.78 is 72.2. The van der Waals surface area contributed by atoms with Gasteiger partial charge in [-0.3, -0.25) is 4.79 Å². The molecule has 2 aromatic carbocycles. The van der Waals surface area contributed by atoms with E-state index in [4.69, 9.17) is 4.74 Å². The van der Waals surface area contributed by atoms with Gasteiger partial charge in [0.1, 0.15) is 5.72 Å². The maximum absolute atomic E-state index is 13.3. The summed E-state index contributed by atoms with van der Waals surface area (Å²) >= 11 is 0. The molecule has 9 heteroatoms. The molecular weight excluding hydrogens is 407 g/mol. The number of amides is 1. The van der Waals surface area contributed by atoms with Crippen molar-refractivity contribution >= 4 is 15.7 Å². The zero-order valence-corrected chi connectivity index (χ0v) is 16.4. The van der Waals surface area contributed by atoms with Crippen molar-refractivity contribution in [2.45, 2.75) is 41.9 Å². The van der Waals surface area contributed by atoms with Crippen molar-refractivity contribution in [1.29, 1.82) is 0 Å². The number of carbonyl (C=O) groups is 1. The number of ether oxygens (including phenoxy) is 1. The van der Waals surface area contributed by atoms with Gasteiger partial charge in [0.05, 0.1) is 23.1 Å². The van der Waals surface area contributed by atoms with Crippen molar-refractivity contribution in [3.8, 4) is 0 Å². The number of benzene rings is 2. The standard InChI is InChI=1S/C20H18F3NO4S/c1-19(2)24-16(11-28-19)15-10-12(20(21,22)23)8-9-14(15)17(18(24)25)29(26,27)13-6-4-3-5-7-13/h3-10,16-17H,11H2,1-2H3/t16-,17-/m1/s1. The van der Waals surface area contributed by atoms with Crippen LogP contribution < -0.4 is 0 Å². The molecule has 2 atom stereocenters. The van der Waals surface area contributed by atoms with Gasteiger partial charge in [-0.25, -0.2) is 8.42 Å². The van der Waals surface area contributed by atoms with Crippen molar-refractivity contribution < 1.29 is 31.1 Å². The molecule has 0 radical (unpaired) electrons. The maximum Gasteiger partial charge on any atom is 0.416 e. The van der Waals surface area contributed by atoms with E-state index in [1.807, 2.05) is 0 Å². The molecule has 1 amide bonds. The molecule has 1 fully saturated rings. The van der Waals surface area contributed by atoms with E-state index in [2.05, 4.69) is 0 Å². The van der Waals surface area contributed by atoms with Crippen LogP contribution in [-0.2, 0) is 25.5 Å². The third-order valence-corrected chi connectivity index (χ3v) is 7.39. The van der Waals surface area contributed by atoms with E-state index in [0.717, 1.165) is 18.2 Å². The van der Waals surface area contributed by atoms with E-state index >= 15 is 0 Å². The van der Waals surface area contributed by atoms with Gasteiger partial charge in [-0.15, -0.1) is 0 Å². The summed E-state index contributed by atoms with van der Waals surface area (Å²) in [6.45, 7) is 3.18. The molecule has 2 heterocycles. The molecule has 29 heavy (non-hydrogen) atoms. The summed E-state index contributed by atoms with van der Waals surface area (Å²) in [7, 11) is -4.19. The van der Waals surface area contributed by atoms with Crippen LogP contribution in [0.1, 0.15) is 41.8 Å². The topological polar surface area (TPSA) is 63.7 Å². The Bertz CT molecular complexity index is 1080. The third kappa shape index (κ3) is 3.03. The molecule has 0 saturated carbocycles. The molecule has 4 rings (SSSR count). The highest BCUT2D eigenvalue weighted by atomic mass is 32.2. The van der Waals surface area contributed by atoms with Crippen molar-refractivity contribution in [3.05, 3.63) is 65.2 Å². The molecule has 2 aromatic rings. The summed E-state index contributed by atoms with van der Waals surface area (Å²) in [6.07, 6.45) is -4.59. The van der Waals surface area contributed by atoms with Crippen LogP contribution in [0.25, 0.3) is 0 Å². The first kappa shape index (κ1) is 19.9. The summed E-state index contributed by atoms with van der Waals surface area (Å²) in [5.74, 6) is -0.700. The Morgan fingerprint density at radius 1 is 1.07 bits per heavy atom. The van der Waals surface area contributed by atoms with Crippen LogP contribution >= 0.6 is 0 Å².